The fraction of sp³-hybridized carbons (Fsp3) is 0.190. The van der Waals surface area contributed by atoms with Crippen molar-refractivity contribution in [2.75, 3.05) is 6.61 Å². The predicted molar refractivity (Wildman–Crippen MR) is 102 cm³/mol. The highest BCUT2D eigenvalue weighted by molar-refractivity contribution is 6.08. The highest BCUT2D eigenvalue weighted by Gasteiger charge is 2.16. The van der Waals surface area contributed by atoms with Gasteiger partial charge < -0.3 is 19.5 Å². The molecule has 1 heterocycles. The zero-order valence-corrected chi connectivity index (χ0v) is 15.0. The maximum Gasteiger partial charge on any atom is 0.307 e. The summed E-state index contributed by atoms with van der Waals surface area (Å²) >= 11 is 0. The Balaban J connectivity index is 1.72. The molecule has 0 aliphatic rings. The first-order chi connectivity index (χ1) is 13.4. The summed E-state index contributed by atoms with van der Waals surface area (Å²) < 4.78 is 7.30. The fourth-order valence-corrected chi connectivity index (χ4v) is 2.97. The number of fused-ring (bicyclic) bond motifs is 1. The summed E-state index contributed by atoms with van der Waals surface area (Å²) in [6.07, 6.45) is 1.55. The van der Waals surface area contributed by atoms with E-state index in [0.29, 0.717) is 16.9 Å². The van der Waals surface area contributed by atoms with Gasteiger partial charge in [-0.05, 0) is 23.8 Å². The van der Waals surface area contributed by atoms with E-state index < -0.39 is 11.9 Å². The van der Waals surface area contributed by atoms with Crippen molar-refractivity contribution in [1.82, 2.24) is 4.57 Å². The van der Waals surface area contributed by atoms with E-state index in [1.165, 1.54) is 0 Å². The van der Waals surface area contributed by atoms with Crippen LogP contribution in [0.4, 0.5) is 0 Å². The summed E-state index contributed by atoms with van der Waals surface area (Å²) in [6, 6.07) is 13.9. The molecular weight excluding hydrogens is 362 g/mol. The molecule has 28 heavy (non-hydrogen) atoms. The van der Waals surface area contributed by atoms with Crippen LogP contribution in [0.5, 0.6) is 5.75 Å². The second-order valence-corrected chi connectivity index (χ2v) is 6.32. The molecule has 0 saturated heterocycles. The maximum absolute atomic E-state index is 12.7. The number of aromatic nitrogens is 1. The number of nitrogens with zero attached hydrogens (tertiary/aromatic N) is 1. The molecule has 1 aromatic heterocycles. The van der Waals surface area contributed by atoms with E-state index in [0.717, 1.165) is 10.9 Å². The molecule has 0 aliphatic carbocycles. The van der Waals surface area contributed by atoms with E-state index >= 15 is 0 Å². The highest BCUT2D eigenvalue weighted by Crippen LogP contribution is 2.23. The van der Waals surface area contributed by atoms with Crippen LogP contribution in [-0.4, -0.2) is 39.1 Å². The standard InChI is InChI=1S/C21H19NO6/c23-19(13-28-15-7-5-14(6-8-15)11-21(26)27)17-12-22(10-9-20(24)25)18-4-2-1-3-16(17)18/h1-8,12H,9-11,13H2,(H,24,25)(H,26,27). The molecule has 2 N–H and O–H groups in total. The molecule has 0 amide bonds. The lowest BCUT2D eigenvalue weighted by Gasteiger charge is -2.06. The van der Waals surface area contributed by atoms with Gasteiger partial charge in [0.15, 0.2) is 6.61 Å². The first-order valence-corrected chi connectivity index (χ1v) is 8.70. The molecule has 144 valence electrons. The zero-order chi connectivity index (χ0) is 20.1. The van der Waals surface area contributed by atoms with Gasteiger partial charge in [0, 0.05) is 29.2 Å². The average molecular weight is 381 g/mol. The molecule has 0 unspecified atom stereocenters. The Labute approximate surface area is 160 Å². The summed E-state index contributed by atoms with van der Waals surface area (Å²) in [5.41, 5.74) is 1.92. The number of carboxylic acids is 2. The molecule has 2 aromatic carbocycles. The number of aryl methyl sites for hydroxylation is 1. The third-order valence-corrected chi connectivity index (χ3v) is 4.30. The van der Waals surface area contributed by atoms with Gasteiger partial charge in [-0.2, -0.15) is 0 Å². The van der Waals surface area contributed by atoms with Crippen molar-refractivity contribution in [3.05, 3.63) is 65.9 Å². The lowest BCUT2D eigenvalue weighted by molar-refractivity contribution is -0.137. The number of hydrogen-bond acceptors (Lipinski definition) is 4. The molecular formula is C21H19NO6. The second-order valence-electron chi connectivity index (χ2n) is 6.32. The molecule has 7 nitrogen and oxygen atoms in total. The lowest BCUT2D eigenvalue weighted by atomic mass is 10.1. The van der Waals surface area contributed by atoms with Crippen LogP contribution < -0.4 is 4.74 Å². The summed E-state index contributed by atoms with van der Waals surface area (Å²) in [5.74, 6) is -1.57. The van der Waals surface area contributed by atoms with Crippen molar-refractivity contribution < 1.29 is 29.3 Å². The summed E-state index contributed by atoms with van der Waals surface area (Å²) in [4.78, 5) is 34.2. The highest BCUT2D eigenvalue weighted by atomic mass is 16.5. The van der Waals surface area contributed by atoms with E-state index in [4.69, 9.17) is 14.9 Å². The number of carbonyl (C=O) groups is 3. The van der Waals surface area contributed by atoms with E-state index in [1.807, 2.05) is 24.3 Å². The molecule has 0 aliphatic heterocycles. The number of Topliss-reactive ketones (excluding diaryl/α,β-unsaturated/α-hetero) is 1. The minimum atomic E-state index is -0.914. The Hall–Kier alpha value is -3.61. The van der Waals surface area contributed by atoms with Gasteiger partial charge in [0.1, 0.15) is 5.75 Å². The molecule has 0 spiro atoms. The molecule has 0 atom stereocenters. The Bertz CT molecular complexity index is 1020. The summed E-state index contributed by atoms with van der Waals surface area (Å²) in [5, 5.41) is 18.4. The van der Waals surface area contributed by atoms with Crippen molar-refractivity contribution in [2.45, 2.75) is 19.4 Å². The van der Waals surface area contributed by atoms with Crippen LogP contribution in [0.15, 0.2) is 54.7 Å². The molecule has 0 saturated carbocycles. The molecule has 0 bridgehead atoms. The number of hydrogen-bond donors (Lipinski definition) is 2. The SMILES string of the molecule is O=C(O)CCn1cc(C(=O)COc2ccc(CC(=O)O)cc2)c2ccccc21. The summed E-state index contributed by atoms with van der Waals surface area (Å²) in [7, 11) is 0. The third-order valence-electron chi connectivity index (χ3n) is 4.30. The Morgan fingerprint density at radius 3 is 2.32 bits per heavy atom. The number of carbonyl (C=O) groups excluding carboxylic acids is 1. The normalized spacial score (nSPS) is 10.7. The number of carboxylic acid groups (broad SMARTS) is 2. The van der Waals surface area contributed by atoms with Crippen LogP contribution in [0, 0.1) is 0 Å². The number of benzene rings is 2. The average Bonchev–Trinajstić information content (AvgIpc) is 3.04. The first kappa shape index (κ1) is 19.2. The van der Waals surface area contributed by atoms with Gasteiger partial charge >= 0.3 is 11.9 Å². The third kappa shape index (κ3) is 4.56. The van der Waals surface area contributed by atoms with Crippen molar-refractivity contribution in [2.24, 2.45) is 0 Å². The van der Waals surface area contributed by atoms with E-state index in [2.05, 4.69) is 0 Å². The van der Waals surface area contributed by atoms with Gasteiger partial charge in [0.25, 0.3) is 0 Å². The van der Waals surface area contributed by atoms with E-state index in [-0.39, 0.29) is 31.8 Å². The van der Waals surface area contributed by atoms with Crippen molar-refractivity contribution in [1.29, 1.82) is 0 Å². The van der Waals surface area contributed by atoms with Gasteiger partial charge in [0.05, 0.1) is 12.8 Å². The van der Waals surface area contributed by atoms with Gasteiger partial charge in [0.2, 0.25) is 5.78 Å². The molecule has 3 aromatic rings. The molecule has 3 rings (SSSR count). The van der Waals surface area contributed by atoms with Crippen molar-refractivity contribution >= 4 is 28.6 Å². The predicted octanol–water partition coefficient (Wildman–Crippen LogP) is 3.00. The van der Waals surface area contributed by atoms with Crippen LogP contribution >= 0.6 is 0 Å². The van der Waals surface area contributed by atoms with E-state index in [1.54, 1.807) is 35.0 Å². The first-order valence-electron chi connectivity index (χ1n) is 8.70. The largest absolute Gasteiger partial charge is 0.485 e. The van der Waals surface area contributed by atoms with Gasteiger partial charge in [-0.15, -0.1) is 0 Å². The van der Waals surface area contributed by atoms with Crippen LogP contribution in [0.25, 0.3) is 10.9 Å². The number of rotatable bonds is 9. The molecule has 0 radical (unpaired) electrons. The van der Waals surface area contributed by atoms with Gasteiger partial charge in [-0.1, -0.05) is 30.3 Å². The second kappa shape index (κ2) is 8.39. The topological polar surface area (TPSA) is 106 Å². The smallest absolute Gasteiger partial charge is 0.307 e. The maximum atomic E-state index is 12.7. The summed E-state index contributed by atoms with van der Waals surface area (Å²) in [6.45, 7) is 0.0975. The van der Waals surface area contributed by atoms with Gasteiger partial charge in [-0.25, -0.2) is 0 Å². The van der Waals surface area contributed by atoms with Crippen LogP contribution in [0.3, 0.4) is 0 Å². The Kier molecular flexibility index (Phi) is 5.74. The number of para-hydroxylation sites is 1. The lowest BCUT2D eigenvalue weighted by Crippen LogP contribution is -2.11. The fourth-order valence-electron chi connectivity index (χ4n) is 2.97. The van der Waals surface area contributed by atoms with Crippen molar-refractivity contribution in [3.63, 3.8) is 0 Å². The number of aliphatic carboxylic acids is 2. The van der Waals surface area contributed by atoms with Crippen LogP contribution in [0.2, 0.25) is 0 Å². The van der Waals surface area contributed by atoms with Crippen LogP contribution in [0.1, 0.15) is 22.3 Å². The molecule has 0 fully saturated rings. The monoisotopic (exact) mass is 381 g/mol. The quantitative estimate of drug-likeness (QED) is 0.552. The minimum Gasteiger partial charge on any atom is -0.485 e. The Morgan fingerprint density at radius 2 is 1.64 bits per heavy atom. The molecule has 7 heteroatoms. The Morgan fingerprint density at radius 1 is 0.929 bits per heavy atom. The van der Waals surface area contributed by atoms with Gasteiger partial charge in [-0.3, -0.25) is 14.4 Å². The van der Waals surface area contributed by atoms with Crippen molar-refractivity contribution in [3.8, 4) is 5.75 Å². The number of ketones is 1. The van der Waals surface area contributed by atoms with Crippen LogP contribution in [-0.2, 0) is 22.6 Å². The minimum absolute atomic E-state index is 0.0362. The zero-order valence-electron chi connectivity index (χ0n) is 15.0. The number of ether oxygens (including phenoxy) is 1. The van der Waals surface area contributed by atoms with E-state index in [9.17, 15) is 14.4 Å².